The van der Waals surface area contributed by atoms with E-state index in [0.717, 1.165) is 0 Å². The quantitative estimate of drug-likeness (QED) is 0.866. The SMILES string of the molecule is CN(CC(=O)NCc1cccs1)C1CC2CCC(C1)N2. The Labute approximate surface area is 124 Å². The Hall–Kier alpha value is -0.910. The second-order valence-corrected chi connectivity index (χ2v) is 7.07. The first-order valence-electron chi connectivity index (χ1n) is 7.46. The molecule has 4 nitrogen and oxygen atoms in total. The van der Waals surface area contributed by atoms with Gasteiger partial charge in [0, 0.05) is 23.0 Å². The number of fused-ring (bicyclic) bond motifs is 2. The second-order valence-electron chi connectivity index (χ2n) is 6.03. The number of nitrogens with zero attached hydrogens (tertiary/aromatic N) is 1. The summed E-state index contributed by atoms with van der Waals surface area (Å²) >= 11 is 1.68. The Morgan fingerprint density at radius 2 is 2.20 bits per heavy atom. The molecule has 110 valence electrons. The van der Waals surface area contributed by atoms with Crippen molar-refractivity contribution in [1.82, 2.24) is 15.5 Å². The molecule has 1 amide bonds. The van der Waals surface area contributed by atoms with Crippen molar-refractivity contribution in [2.45, 2.75) is 50.4 Å². The number of piperidine rings is 1. The van der Waals surface area contributed by atoms with Crippen LogP contribution in [-0.2, 0) is 11.3 Å². The summed E-state index contributed by atoms with van der Waals surface area (Å²) in [5.41, 5.74) is 0. The van der Waals surface area contributed by atoms with E-state index < -0.39 is 0 Å². The average Bonchev–Trinajstić information content (AvgIpc) is 3.06. The van der Waals surface area contributed by atoms with Gasteiger partial charge in [-0.15, -0.1) is 11.3 Å². The van der Waals surface area contributed by atoms with E-state index >= 15 is 0 Å². The van der Waals surface area contributed by atoms with Gasteiger partial charge in [0.1, 0.15) is 0 Å². The zero-order chi connectivity index (χ0) is 13.9. The normalized spacial score (nSPS) is 28.8. The van der Waals surface area contributed by atoms with Crippen LogP contribution in [0.25, 0.3) is 0 Å². The average molecular weight is 293 g/mol. The van der Waals surface area contributed by atoms with Gasteiger partial charge in [0.25, 0.3) is 0 Å². The highest BCUT2D eigenvalue weighted by atomic mass is 32.1. The third kappa shape index (κ3) is 3.40. The third-order valence-electron chi connectivity index (χ3n) is 4.50. The monoisotopic (exact) mass is 293 g/mol. The molecule has 2 aliphatic heterocycles. The number of amides is 1. The van der Waals surface area contributed by atoms with Gasteiger partial charge >= 0.3 is 0 Å². The Bertz CT molecular complexity index is 436. The van der Waals surface area contributed by atoms with Crippen molar-refractivity contribution in [3.05, 3.63) is 22.4 Å². The molecule has 2 atom stereocenters. The van der Waals surface area contributed by atoms with Crippen molar-refractivity contribution in [1.29, 1.82) is 0 Å². The maximum absolute atomic E-state index is 12.0. The van der Waals surface area contributed by atoms with Crippen molar-refractivity contribution >= 4 is 17.2 Å². The molecule has 0 aliphatic carbocycles. The summed E-state index contributed by atoms with van der Waals surface area (Å²) in [5, 5.41) is 8.69. The Kier molecular flexibility index (Phi) is 4.38. The van der Waals surface area contributed by atoms with E-state index in [0.29, 0.717) is 31.2 Å². The molecule has 20 heavy (non-hydrogen) atoms. The molecule has 0 aromatic carbocycles. The van der Waals surface area contributed by atoms with Gasteiger partial charge in [0.05, 0.1) is 13.1 Å². The van der Waals surface area contributed by atoms with Crippen LogP contribution in [0.2, 0.25) is 0 Å². The van der Waals surface area contributed by atoms with Crippen LogP contribution in [0.5, 0.6) is 0 Å². The van der Waals surface area contributed by atoms with Crippen molar-refractivity contribution in [2.24, 2.45) is 0 Å². The standard InChI is InChI=1S/C15H23N3OS/c1-18(13-7-11-4-5-12(8-13)17-11)10-15(19)16-9-14-3-2-6-20-14/h2-3,6,11-13,17H,4-5,7-10H2,1H3,(H,16,19). The first kappa shape index (κ1) is 14.0. The fraction of sp³-hybridized carbons (Fsp3) is 0.667. The maximum Gasteiger partial charge on any atom is 0.234 e. The predicted octanol–water partition coefficient (Wildman–Crippen LogP) is 1.58. The van der Waals surface area contributed by atoms with Gasteiger partial charge in [-0.2, -0.15) is 0 Å². The summed E-state index contributed by atoms with van der Waals surface area (Å²) in [6.07, 6.45) is 4.98. The smallest absolute Gasteiger partial charge is 0.234 e. The van der Waals surface area contributed by atoms with Gasteiger partial charge in [-0.3, -0.25) is 9.69 Å². The third-order valence-corrected chi connectivity index (χ3v) is 5.38. The number of rotatable bonds is 5. The predicted molar refractivity (Wildman–Crippen MR) is 81.8 cm³/mol. The molecule has 5 heteroatoms. The van der Waals surface area contributed by atoms with Crippen LogP contribution in [0.3, 0.4) is 0 Å². The number of carbonyl (C=O) groups is 1. The van der Waals surface area contributed by atoms with Crippen LogP contribution in [0, 0.1) is 0 Å². The molecule has 2 saturated heterocycles. The fourth-order valence-corrected chi connectivity index (χ4v) is 4.04. The lowest BCUT2D eigenvalue weighted by atomic mass is 9.98. The highest BCUT2D eigenvalue weighted by Gasteiger charge is 2.35. The Balaban J connectivity index is 1.43. The van der Waals surface area contributed by atoms with E-state index in [-0.39, 0.29) is 5.91 Å². The highest BCUT2D eigenvalue weighted by Crippen LogP contribution is 2.29. The molecular formula is C15H23N3OS. The Morgan fingerprint density at radius 1 is 1.45 bits per heavy atom. The van der Waals surface area contributed by atoms with Crippen LogP contribution >= 0.6 is 11.3 Å². The van der Waals surface area contributed by atoms with Crippen molar-refractivity contribution in [2.75, 3.05) is 13.6 Å². The van der Waals surface area contributed by atoms with Crippen molar-refractivity contribution in [3.8, 4) is 0 Å². The molecular weight excluding hydrogens is 270 g/mol. The zero-order valence-corrected chi connectivity index (χ0v) is 12.8. The minimum absolute atomic E-state index is 0.131. The van der Waals surface area contributed by atoms with E-state index in [1.807, 2.05) is 11.4 Å². The Morgan fingerprint density at radius 3 is 2.85 bits per heavy atom. The van der Waals surface area contributed by atoms with Gasteiger partial charge < -0.3 is 10.6 Å². The van der Waals surface area contributed by atoms with E-state index in [4.69, 9.17) is 0 Å². The molecule has 0 saturated carbocycles. The molecule has 3 heterocycles. The molecule has 2 aliphatic rings. The first-order valence-corrected chi connectivity index (χ1v) is 8.34. The number of hydrogen-bond donors (Lipinski definition) is 2. The lowest BCUT2D eigenvalue weighted by Crippen LogP contribution is -2.49. The number of likely N-dealkylation sites (N-methyl/N-ethyl adjacent to an activating group) is 1. The van der Waals surface area contributed by atoms with E-state index in [2.05, 4.69) is 28.6 Å². The minimum Gasteiger partial charge on any atom is -0.350 e. The summed E-state index contributed by atoms with van der Waals surface area (Å²) in [4.78, 5) is 15.4. The summed E-state index contributed by atoms with van der Waals surface area (Å²) in [7, 11) is 2.08. The number of hydrogen-bond acceptors (Lipinski definition) is 4. The second kappa shape index (κ2) is 6.24. The topological polar surface area (TPSA) is 44.4 Å². The largest absolute Gasteiger partial charge is 0.350 e. The van der Waals surface area contributed by atoms with Crippen LogP contribution in [0.4, 0.5) is 0 Å². The number of carbonyl (C=O) groups excluding carboxylic acids is 1. The molecule has 1 aromatic heterocycles. The van der Waals surface area contributed by atoms with E-state index in [9.17, 15) is 4.79 Å². The van der Waals surface area contributed by atoms with Gasteiger partial charge in [-0.1, -0.05) is 6.07 Å². The highest BCUT2D eigenvalue weighted by molar-refractivity contribution is 7.09. The lowest BCUT2D eigenvalue weighted by molar-refractivity contribution is -0.122. The molecule has 2 bridgehead atoms. The maximum atomic E-state index is 12.0. The van der Waals surface area contributed by atoms with Crippen LogP contribution in [0.15, 0.2) is 17.5 Å². The molecule has 2 fully saturated rings. The summed E-state index contributed by atoms with van der Waals surface area (Å²) in [5.74, 6) is 0.131. The number of nitrogens with one attached hydrogen (secondary N) is 2. The molecule has 0 spiro atoms. The van der Waals surface area contributed by atoms with Gasteiger partial charge in [0.15, 0.2) is 0 Å². The minimum atomic E-state index is 0.131. The van der Waals surface area contributed by atoms with Gasteiger partial charge in [0.2, 0.25) is 5.91 Å². The summed E-state index contributed by atoms with van der Waals surface area (Å²) in [6.45, 7) is 1.16. The van der Waals surface area contributed by atoms with Crippen molar-refractivity contribution < 1.29 is 4.79 Å². The molecule has 1 aromatic rings. The van der Waals surface area contributed by atoms with E-state index in [1.54, 1.807) is 11.3 Å². The van der Waals surface area contributed by atoms with Crippen molar-refractivity contribution in [3.63, 3.8) is 0 Å². The van der Waals surface area contributed by atoms with Crippen LogP contribution in [0.1, 0.15) is 30.6 Å². The number of thiophene rings is 1. The van der Waals surface area contributed by atoms with Crippen LogP contribution < -0.4 is 10.6 Å². The zero-order valence-electron chi connectivity index (χ0n) is 12.0. The summed E-state index contributed by atoms with van der Waals surface area (Å²) < 4.78 is 0. The van der Waals surface area contributed by atoms with Gasteiger partial charge in [-0.25, -0.2) is 0 Å². The van der Waals surface area contributed by atoms with E-state index in [1.165, 1.54) is 30.6 Å². The molecule has 0 radical (unpaired) electrons. The molecule has 2 N–H and O–H groups in total. The first-order chi connectivity index (χ1) is 9.70. The summed E-state index contributed by atoms with van der Waals surface area (Å²) in [6, 6.07) is 5.98. The lowest BCUT2D eigenvalue weighted by Gasteiger charge is -2.35. The molecule has 3 rings (SSSR count). The molecule has 2 unspecified atom stereocenters. The fourth-order valence-electron chi connectivity index (χ4n) is 3.40. The van der Waals surface area contributed by atoms with Gasteiger partial charge in [-0.05, 0) is 44.2 Å². The van der Waals surface area contributed by atoms with Crippen LogP contribution in [-0.4, -0.2) is 42.5 Å².